The van der Waals surface area contributed by atoms with Gasteiger partial charge in [0, 0.05) is 27.5 Å². The van der Waals surface area contributed by atoms with E-state index in [1.807, 2.05) is 11.3 Å². The van der Waals surface area contributed by atoms with Crippen LogP contribution >= 0.6 is 11.3 Å². The highest BCUT2D eigenvalue weighted by Gasteiger charge is 2.16. The molecule has 186 valence electrons. The van der Waals surface area contributed by atoms with Gasteiger partial charge in [-0.1, -0.05) is 115 Å². The lowest BCUT2D eigenvalue weighted by molar-refractivity contribution is 1.19. The third-order valence-electron chi connectivity index (χ3n) is 7.55. The van der Waals surface area contributed by atoms with Crippen LogP contribution in [-0.4, -0.2) is 5.71 Å². The molecule has 1 aromatic heterocycles. The van der Waals surface area contributed by atoms with Gasteiger partial charge in [0.15, 0.2) is 0 Å². The van der Waals surface area contributed by atoms with Gasteiger partial charge >= 0.3 is 0 Å². The molecule has 5 aromatic carbocycles. The van der Waals surface area contributed by atoms with Crippen LogP contribution in [0.1, 0.15) is 23.6 Å². The van der Waals surface area contributed by atoms with Gasteiger partial charge in [-0.2, -0.15) is 0 Å². The van der Waals surface area contributed by atoms with E-state index in [1.54, 1.807) is 0 Å². The fourth-order valence-corrected chi connectivity index (χ4v) is 6.51. The monoisotopic (exact) mass is 517 g/mol. The van der Waals surface area contributed by atoms with E-state index in [4.69, 9.17) is 4.99 Å². The summed E-state index contributed by atoms with van der Waals surface area (Å²) in [6, 6.07) is 48.1. The molecule has 1 nitrogen and oxygen atoms in total. The highest BCUT2D eigenvalue weighted by Crippen LogP contribution is 2.38. The Morgan fingerprint density at radius 1 is 0.487 bits per heavy atom. The highest BCUT2D eigenvalue weighted by molar-refractivity contribution is 7.18. The first-order chi connectivity index (χ1) is 19.2. The molecule has 0 bridgehead atoms. The van der Waals surface area contributed by atoms with Crippen LogP contribution in [0.15, 0.2) is 138 Å². The van der Waals surface area contributed by atoms with Gasteiger partial charge < -0.3 is 0 Å². The average molecular weight is 518 g/mol. The van der Waals surface area contributed by atoms with Gasteiger partial charge in [0.25, 0.3) is 0 Å². The summed E-state index contributed by atoms with van der Waals surface area (Å²) in [5.74, 6) is 0. The molecule has 0 saturated heterocycles. The lowest BCUT2D eigenvalue weighted by Gasteiger charge is -2.12. The standard InChI is InChI=1S/C37H27NS/c1-25-32-12-7-8-14-34(32)33-13-6-5-11-30(33)23-31-20-19-29(24-35(31)38-25)26-15-17-28(18-16-26)37-22-21-36(39-37)27-9-3-2-4-10-27/h2-22,24H,23H2,1H3. The smallest absolute Gasteiger partial charge is 0.0674 e. The zero-order valence-electron chi connectivity index (χ0n) is 21.8. The van der Waals surface area contributed by atoms with Gasteiger partial charge in [-0.25, -0.2) is 0 Å². The van der Waals surface area contributed by atoms with Gasteiger partial charge in [0.05, 0.1) is 5.69 Å². The number of thiophene rings is 1. The molecule has 6 aromatic rings. The minimum Gasteiger partial charge on any atom is -0.253 e. The maximum atomic E-state index is 5.19. The Kier molecular flexibility index (Phi) is 6.03. The summed E-state index contributed by atoms with van der Waals surface area (Å²) in [6.07, 6.45) is 0.859. The normalized spacial score (nSPS) is 12.3. The average Bonchev–Trinajstić information content (AvgIpc) is 3.50. The first-order valence-electron chi connectivity index (χ1n) is 13.3. The number of aliphatic imine (C=N–C) groups is 1. The van der Waals surface area contributed by atoms with Crippen LogP contribution in [0, 0.1) is 0 Å². The fraction of sp³-hybridized carbons (Fsp3) is 0.0541. The zero-order valence-corrected chi connectivity index (χ0v) is 22.6. The number of fused-ring (bicyclic) bond motifs is 4. The Hall–Kier alpha value is -4.53. The predicted octanol–water partition coefficient (Wildman–Crippen LogP) is 10.5. The number of rotatable bonds is 3. The van der Waals surface area contributed by atoms with Crippen molar-refractivity contribution >= 4 is 22.7 Å². The molecule has 1 aliphatic rings. The van der Waals surface area contributed by atoms with Crippen molar-refractivity contribution < 1.29 is 0 Å². The van der Waals surface area contributed by atoms with E-state index in [0.29, 0.717) is 0 Å². The molecular formula is C37H27NS. The number of nitrogens with zero attached hydrogens (tertiary/aromatic N) is 1. The van der Waals surface area contributed by atoms with Crippen molar-refractivity contribution in [3.63, 3.8) is 0 Å². The summed E-state index contributed by atoms with van der Waals surface area (Å²) in [4.78, 5) is 7.76. The second-order valence-electron chi connectivity index (χ2n) is 10.0. The van der Waals surface area contributed by atoms with Crippen molar-refractivity contribution in [2.45, 2.75) is 13.3 Å². The summed E-state index contributed by atoms with van der Waals surface area (Å²) >= 11 is 1.84. The van der Waals surface area contributed by atoms with Crippen molar-refractivity contribution in [2.75, 3.05) is 0 Å². The number of hydrogen-bond acceptors (Lipinski definition) is 2. The summed E-state index contributed by atoms with van der Waals surface area (Å²) in [6.45, 7) is 2.13. The Labute approximate surface area is 233 Å². The topological polar surface area (TPSA) is 12.4 Å². The molecule has 2 heteroatoms. The minimum atomic E-state index is 0.859. The van der Waals surface area contributed by atoms with Crippen molar-refractivity contribution in [2.24, 2.45) is 4.99 Å². The van der Waals surface area contributed by atoms with Crippen LogP contribution in [0.3, 0.4) is 0 Å². The molecule has 0 radical (unpaired) electrons. The van der Waals surface area contributed by atoms with Crippen LogP contribution < -0.4 is 0 Å². The Balaban J connectivity index is 1.25. The summed E-state index contributed by atoms with van der Waals surface area (Å²) in [5, 5.41) is 0. The van der Waals surface area contributed by atoms with E-state index < -0.39 is 0 Å². The summed E-state index contributed by atoms with van der Waals surface area (Å²) in [5.41, 5.74) is 13.3. The van der Waals surface area contributed by atoms with Crippen LogP contribution in [-0.2, 0) is 6.42 Å². The predicted molar refractivity (Wildman–Crippen MR) is 167 cm³/mol. The lowest BCUT2D eigenvalue weighted by atomic mass is 9.91. The Morgan fingerprint density at radius 3 is 1.85 bits per heavy atom. The third-order valence-corrected chi connectivity index (χ3v) is 8.73. The van der Waals surface area contributed by atoms with Gasteiger partial charge in [-0.15, -0.1) is 11.3 Å². The van der Waals surface area contributed by atoms with E-state index in [9.17, 15) is 0 Å². The van der Waals surface area contributed by atoms with Crippen LogP contribution in [0.2, 0.25) is 0 Å². The lowest BCUT2D eigenvalue weighted by Crippen LogP contribution is -1.98. The number of benzene rings is 5. The first-order valence-corrected chi connectivity index (χ1v) is 14.2. The van der Waals surface area contributed by atoms with Crippen LogP contribution in [0.4, 0.5) is 5.69 Å². The molecular weight excluding hydrogens is 490 g/mol. The molecule has 7 rings (SSSR count). The van der Waals surface area contributed by atoms with Crippen LogP contribution in [0.25, 0.3) is 43.1 Å². The molecule has 0 fully saturated rings. The van der Waals surface area contributed by atoms with E-state index in [1.165, 1.54) is 59.8 Å². The maximum Gasteiger partial charge on any atom is 0.0674 e. The van der Waals surface area contributed by atoms with Gasteiger partial charge in [0.1, 0.15) is 0 Å². The maximum absolute atomic E-state index is 5.19. The SMILES string of the molecule is CC1=Nc2cc(-c3ccc(-c4ccc(-c5ccccc5)s4)cc3)ccc2Cc2ccccc2-c2ccccc21. The second kappa shape index (κ2) is 9.98. The molecule has 39 heavy (non-hydrogen) atoms. The van der Waals surface area contributed by atoms with Crippen LogP contribution in [0.5, 0.6) is 0 Å². The first kappa shape index (κ1) is 23.6. The van der Waals surface area contributed by atoms with Crippen molar-refractivity contribution in [1.29, 1.82) is 0 Å². The molecule has 2 heterocycles. The van der Waals surface area contributed by atoms with Gasteiger partial charge in [0.2, 0.25) is 0 Å². The molecule has 0 N–H and O–H groups in total. The quantitative estimate of drug-likeness (QED) is 0.221. The zero-order chi connectivity index (χ0) is 26.2. The largest absolute Gasteiger partial charge is 0.253 e. The van der Waals surface area contributed by atoms with Crippen molar-refractivity contribution in [3.05, 3.63) is 150 Å². The fourth-order valence-electron chi connectivity index (χ4n) is 5.49. The molecule has 0 aliphatic carbocycles. The van der Waals surface area contributed by atoms with E-state index >= 15 is 0 Å². The minimum absolute atomic E-state index is 0.859. The summed E-state index contributed by atoms with van der Waals surface area (Å²) in [7, 11) is 0. The number of hydrogen-bond donors (Lipinski definition) is 0. The third kappa shape index (κ3) is 4.54. The summed E-state index contributed by atoms with van der Waals surface area (Å²) < 4.78 is 0. The Morgan fingerprint density at radius 2 is 1.08 bits per heavy atom. The highest BCUT2D eigenvalue weighted by atomic mass is 32.1. The van der Waals surface area contributed by atoms with Gasteiger partial charge in [-0.05, 0) is 69.6 Å². The molecule has 0 amide bonds. The molecule has 1 aliphatic heterocycles. The molecule has 0 spiro atoms. The van der Waals surface area contributed by atoms with E-state index in [2.05, 4.69) is 140 Å². The van der Waals surface area contributed by atoms with E-state index in [0.717, 1.165) is 17.8 Å². The van der Waals surface area contributed by atoms with Crippen molar-refractivity contribution in [3.8, 4) is 43.1 Å². The molecule has 0 atom stereocenters. The molecule has 0 unspecified atom stereocenters. The molecule has 0 saturated carbocycles. The second-order valence-corrected chi connectivity index (χ2v) is 11.1. The van der Waals surface area contributed by atoms with Crippen molar-refractivity contribution in [1.82, 2.24) is 0 Å². The Bertz CT molecular complexity index is 1820. The van der Waals surface area contributed by atoms with Gasteiger partial charge in [-0.3, -0.25) is 4.99 Å². The van der Waals surface area contributed by atoms with E-state index in [-0.39, 0.29) is 0 Å².